The number of nitrogens with zero attached hydrogens (tertiary/aromatic N) is 6. The van der Waals surface area contributed by atoms with E-state index < -0.39 is 0 Å². The number of methoxy groups -OCH3 is 1. The number of hydrogen-bond acceptors (Lipinski definition) is 10. The molecule has 0 saturated carbocycles. The highest BCUT2D eigenvalue weighted by molar-refractivity contribution is 6.06. The van der Waals surface area contributed by atoms with Crippen molar-refractivity contribution in [2.45, 2.75) is 32.3 Å². The predicted molar refractivity (Wildman–Crippen MR) is 172 cm³/mol. The van der Waals surface area contributed by atoms with Gasteiger partial charge in [-0.1, -0.05) is 0 Å². The van der Waals surface area contributed by atoms with E-state index in [9.17, 15) is 4.79 Å². The lowest BCUT2D eigenvalue weighted by molar-refractivity contribution is -0.0182. The van der Waals surface area contributed by atoms with E-state index in [4.69, 9.17) is 29.6 Å². The summed E-state index contributed by atoms with van der Waals surface area (Å²) >= 11 is 0. The smallest absolute Gasteiger partial charge is 0.270 e. The van der Waals surface area contributed by atoms with Crippen molar-refractivity contribution >= 4 is 40.3 Å². The molecule has 2 N–H and O–H groups in total. The SMILES string of the molecule is COc1ccncc1-c1cc(Nc2cc3c(c(N4CC5(CCCO5)C4)n2)c(C)c(C(=O)N2CCOCC2)n3C)c(C=N)c(C)n1. The van der Waals surface area contributed by atoms with Crippen LogP contribution in [0.2, 0.25) is 0 Å². The fourth-order valence-corrected chi connectivity index (χ4v) is 6.95. The van der Waals surface area contributed by atoms with Gasteiger partial charge in [0.15, 0.2) is 0 Å². The summed E-state index contributed by atoms with van der Waals surface area (Å²) in [6, 6.07) is 5.68. The van der Waals surface area contributed by atoms with Crippen molar-refractivity contribution in [2.75, 3.05) is 63.3 Å². The Morgan fingerprint density at radius 1 is 1.16 bits per heavy atom. The van der Waals surface area contributed by atoms with Gasteiger partial charge in [0.1, 0.15) is 28.7 Å². The molecule has 1 amide bonds. The Hall–Kier alpha value is -4.55. The first-order valence-corrected chi connectivity index (χ1v) is 15.4. The van der Waals surface area contributed by atoms with Crippen LogP contribution in [0.5, 0.6) is 5.75 Å². The number of pyridine rings is 3. The Morgan fingerprint density at radius 3 is 2.67 bits per heavy atom. The summed E-state index contributed by atoms with van der Waals surface area (Å²) in [5.41, 5.74) is 5.79. The van der Waals surface area contributed by atoms with Crippen LogP contribution in [0, 0.1) is 19.3 Å². The summed E-state index contributed by atoms with van der Waals surface area (Å²) in [5.74, 6) is 2.08. The second-order valence-electron chi connectivity index (χ2n) is 12.1. The molecule has 3 saturated heterocycles. The summed E-state index contributed by atoms with van der Waals surface area (Å²) in [7, 11) is 3.56. The van der Waals surface area contributed by atoms with Crippen molar-refractivity contribution in [3.05, 3.63) is 53.1 Å². The molecule has 12 heteroatoms. The molecule has 7 rings (SSSR count). The summed E-state index contributed by atoms with van der Waals surface area (Å²) in [5, 5.41) is 12.7. The van der Waals surface area contributed by atoms with Gasteiger partial charge in [-0.3, -0.25) is 14.8 Å². The molecule has 3 aliphatic rings. The number of ether oxygens (including phenoxy) is 3. The minimum absolute atomic E-state index is 0.0000701. The summed E-state index contributed by atoms with van der Waals surface area (Å²) in [6.45, 7) is 8.42. The predicted octanol–water partition coefficient (Wildman–Crippen LogP) is 4.24. The van der Waals surface area contributed by atoms with Crippen LogP contribution in [0.15, 0.2) is 30.6 Å². The molecule has 7 heterocycles. The number of aryl methyl sites for hydroxylation is 3. The highest BCUT2D eigenvalue weighted by Gasteiger charge is 2.47. The van der Waals surface area contributed by atoms with E-state index in [1.54, 1.807) is 25.6 Å². The monoisotopic (exact) mass is 610 g/mol. The largest absolute Gasteiger partial charge is 0.496 e. The normalized spacial score (nSPS) is 17.5. The van der Waals surface area contributed by atoms with Crippen LogP contribution in [0.25, 0.3) is 22.2 Å². The second kappa shape index (κ2) is 11.4. The van der Waals surface area contributed by atoms with Gasteiger partial charge in [-0.15, -0.1) is 0 Å². The number of hydrogen-bond donors (Lipinski definition) is 2. The number of anilines is 3. The highest BCUT2D eigenvalue weighted by atomic mass is 16.5. The number of fused-ring (bicyclic) bond motifs is 1. The molecule has 0 aliphatic carbocycles. The van der Waals surface area contributed by atoms with Gasteiger partial charge in [0, 0.05) is 68.1 Å². The van der Waals surface area contributed by atoms with E-state index in [0.717, 1.165) is 60.4 Å². The van der Waals surface area contributed by atoms with Crippen LogP contribution in [0.1, 0.15) is 40.2 Å². The maximum Gasteiger partial charge on any atom is 0.270 e. The number of amides is 1. The Balaban J connectivity index is 1.34. The van der Waals surface area contributed by atoms with Crippen LogP contribution in [-0.4, -0.2) is 95.3 Å². The van der Waals surface area contributed by atoms with Crippen LogP contribution in [0.4, 0.5) is 17.3 Å². The summed E-state index contributed by atoms with van der Waals surface area (Å²) < 4.78 is 19.2. The van der Waals surface area contributed by atoms with Crippen LogP contribution in [-0.2, 0) is 16.5 Å². The van der Waals surface area contributed by atoms with Gasteiger partial charge in [0.2, 0.25) is 0 Å². The van der Waals surface area contributed by atoms with E-state index in [1.165, 1.54) is 6.21 Å². The van der Waals surface area contributed by atoms with Crippen molar-refractivity contribution in [3.63, 3.8) is 0 Å². The molecule has 0 aromatic carbocycles. The highest BCUT2D eigenvalue weighted by Crippen LogP contribution is 2.43. The lowest BCUT2D eigenvalue weighted by Gasteiger charge is -2.48. The van der Waals surface area contributed by atoms with Crippen LogP contribution < -0.4 is 15.0 Å². The van der Waals surface area contributed by atoms with E-state index in [1.807, 2.05) is 42.5 Å². The minimum atomic E-state index is -0.125. The van der Waals surface area contributed by atoms with Gasteiger partial charge in [0.05, 0.1) is 55.9 Å². The number of carbonyl (C=O) groups excluding carboxylic acids is 1. The van der Waals surface area contributed by atoms with Crippen LogP contribution in [0.3, 0.4) is 0 Å². The zero-order chi connectivity index (χ0) is 31.3. The van der Waals surface area contributed by atoms with E-state index >= 15 is 0 Å². The first kappa shape index (κ1) is 29.2. The summed E-state index contributed by atoms with van der Waals surface area (Å²) in [6.07, 6.45) is 6.81. The first-order valence-electron chi connectivity index (χ1n) is 15.4. The molecule has 0 atom stereocenters. The van der Waals surface area contributed by atoms with Gasteiger partial charge >= 0.3 is 0 Å². The number of morpholine rings is 1. The van der Waals surface area contributed by atoms with Gasteiger partial charge in [-0.25, -0.2) is 4.98 Å². The molecule has 0 radical (unpaired) electrons. The minimum Gasteiger partial charge on any atom is -0.496 e. The van der Waals surface area contributed by atoms with Gasteiger partial charge in [-0.05, 0) is 44.4 Å². The number of nitrogens with one attached hydrogen (secondary N) is 2. The van der Waals surface area contributed by atoms with E-state index in [2.05, 4.69) is 15.2 Å². The Morgan fingerprint density at radius 2 is 1.96 bits per heavy atom. The molecule has 4 aromatic rings. The number of aromatic nitrogens is 4. The van der Waals surface area contributed by atoms with E-state index in [-0.39, 0.29) is 11.5 Å². The Kier molecular flexibility index (Phi) is 7.41. The topological polar surface area (TPSA) is 131 Å². The fourth-order valence-electron chi connectivity index (χ4n) is 6.95. The lowest BCUT2D eigenvalue weighted by Crippen LogP contribution is -2.61. The molecule has 1 spiro atoms. The van der Waals surface area contributed by atoms with Gasteiger partial charge in [-0.2, -0.15) is 0 Å². The molecule has 0 unspecified atom stereocenters. The lowest BCUT2D eigenvalue weighted by atomic mass is 9.90. The molecule has 234 valence electrons. The summed E-state index contributed by atoms with van der Waals surface area (Å²) in [4.78, 5) is 32.2. The maximum absolute atomic E-state index is 13.8. The number of carbonyl (C=O) groups is 1. The Bertz CT molecular complexity index is 1800. The molecule has 0 bridgehead atoms. The Labute approximate surface area is 261 Å². The van der Waals surface area contributed by atoms with Crippen molar-refractivity contribution in [2.24, 2.45) is 7.05 Å². The third-order valence-electron chi connectivity index (χ3n) is 9.28. The maximum atomic E-state index is 13.8. The molecule has 3 aliphatic heterocycles. The molecular formula is C33H38N8O4. The molecule has 4 aromatic heterocycles. The first-order chi connectivity index (χ1) is 21.8. The average molecular weight is 611 g/mol. The van der Waals surface area contributed by atoms with Crippen LogP contribution >= 0.6 is 0 Å². The van der Waals surface area contributed by atoms with Crippen molar-refractivity contribution in [1.82, 2.24) is 24.4 Å². The van der Waals surface area contributed by atoms with E-state index in [0.29, 0.717) is 66.2 Å². The van der Waals surface area contributed by atoms with Crippen molar-refractivity contribution in [3.8, 4) is 17.0 Å². The third kappa shape index (κ3) is 4.98. The molecule has 3 fully saturated rings. The zero-order valence-corrected chi connectivity index (χ0v) is 26.1. The van der Waals surface area contributed by atoms with Crippen molar-refractivity contribution in [1.29, 1.82) is 5.41 Å². The quantitative estimate of drug-likeness (QED) is 0.295. The molecular weight excluding hydrogens is 572 g/mol. The zero-order valence-electron chi connectivity index (χ0n) is 26.1. The van der Waals surface area contributed by atoms with Crippen molar-refractivity contribution < 1.29 is 19.0 Å². The standard InChI is InChI=1S/C33H38N8O4/c1-20-29-26(39(3)30(20)32(42)40-9-12-44-13-10-40)15-28(38-31(29)41-18-33(19-41)7-5-11-45-33)37-24-14-25(36-21(2)22(24)16-34)23-17-35-8-6-27(23)43-4/h6,8,14-17,34H,5,7,9-13,18-19H2,1-4H3,(H,36,37,38). The fraction of sp³-hybridized carbons (Fsp3) is 0.424. The number of rotatable bonds is 7. The van der Waals surface area contributed by atoms with Gasteiger partial charge in [0.25, 0.3) is 5.91 Å². The van der Waals surface area contributed by atoms with Gasteiger partial charge < -0.3 is 39.3 Å². The molecule has 45 heavy (non-hydrogen) atoms. The second-order valence-corrected chi connectivity index (χ2v) is 12.1. The third-order valence-corrected chi connectivity index (χ3v) is 9.28. The average Bonchev–Trinajstić information content (AvgIpc) is 3.63. The molecule has 12 nitrogen and oxygen atoms in total.